The molecule has 0 amide bonds. The number of nitrogens with one attached hydrogen (secondary N) is 1. The van der Waals surface area contributed by atoms with Crippen LogP contribution in [0.25, 0.3) is 5.65 Å². The van der Waals surface area contributed by atoms with Gasteiger partial charge in [-0.1, -0.05) is 13.8 Å². The fourth-order valence-corrected chi connectivity index (χ4v) is 2.49. The van der Waals surface area contributed by atoms with E-state index in [1.807, 2.05) is 0 Å². The standard InChI is InChI=1S/C14H19N3/c1-10(2)13-9-17-6-4-11(7-14(17)16-13)12-3-5-15-8-12/h4,6-7,9-10,12,15H,3,5,8H2,1-2H3. The minimum absolute atomic E-state index is 0.492. The third kappa shape index (κ3) is 1.95. The number of fused-ring (bicyclic) bond motifs is 1. The summed E-state index contributed by atoms with van der Waals surface area (Å²) < 4.78 is 2.13. The molecule has 2 aromatic rings. The van der Waals surface area contributed by atoms with Crippen molar-refractivity contribution in [3.8, 4) is 0 Å². The highest BCUT2D eigenvalue weighted by Gasteiger charge is 2.17. The summed E-state index contributed by atoms with van der Waals surface area (Å²) in [6.45, 7) is 6.61. The molecule has 0 bridgehead atoms. The largest absolute Gasteiger partial charge is 0.316 e. The van der Waals surface area contributed by atoms with Gasteiger partial charge >= 0.3 is 0 Å². The molecule has 1 atom stereocenters. The van der Waals surface area contributed by atoms with Crippen LogP contribution in [0.15, 0.2) is 24.5 Å². The molecule has 1 aliphatic heterocycles. The molecule has 3 rings (SSSR count). The van der Waals surface area contributed by atoms with Gasteiger partial charge in [0.15, 0.2) is 0 Å². The number of hydrogen-bond acceptors (Lipinski definition) is 2. The highest BCUT2D eigenvalue weighted by molar-refractivity contribution is 5.44. The lowest BCUT2D eigenvalue weighted by atomic mass is 10.00. The Hall–Kier alpha value is -1.35. The van der Waals surface area contributed by atoms with Crippen LogP contribution in [0.4, 0.5) is 0 Å². The molecular weight excluding hydrogens is 210 g/mol. The summed E-state index contributed by atoms with van der Waals surface area (Å²) in [5.41, 5.74) is 3.67. The Balaban J connectivity index is 2.00. The second-order valence-corrected chi connectivity index (χ2v) is 5.24. The van der Waals surface area contributed by atoms with Gasteiger partial charge in [-0.05, 0) is 42.5 Å². The first-order chi connectivity index (χ1) is 8.24. The fourth-order valence-electron chi connectivity index (χ4n) is 2.49. The Morgan fingerprint density at radius 2 is 2.35 bits per heavy atom. The molecule has 3 heteroatoms. The van der Waals surface area contributed by atoms with Crippen molar-refractivity contribution in [2.45, 2.75) is 32.1 Å². The van der Waals surface area contributed by atoms with Crippen LogP contribution in [0.3, 0.4) is 0 Å². The molecule has 3 nitrogen and oxygen atoms in total. The van der Waals surface area contributed by atoms with Gasteiger partial charge in [-0.3, -0.25) is 0 Å². The summed E-state index contributed by atoms with van der Waals surface area (Å²) in [7, 11) is 0. The number of rotatable bonds is 2. The molecule has 0 spiro atoms. The smallest absolute Gasteiger partial charge is 0.137 e. The lowest BCUT2D eigenvalue weighted by Gasteiger charge is -2.08. The first-order valence-electron chi connectivity index (χ1n) is 6.43. The monoisotopic (exact) mass is 229 g/mol. The molecule has 1 aliphatic rings. The van der Waals surface area contributed by atoms with Crippen molar-refractivity contribution in [3.05, 3.63) is 35.8 Å². The molecule has 0 radical (unpaired) electrons. The lowest BCUT2D eigenvalue weighted by Crippen LogP contribution is -2.08. The van der Waals surface area contributed by atoms with Gasteiger partial charge in [0.2, 0.25) is 0 Å². The molecule has 1 fully saturated rings. The second-order valence-electron chi connectivity index (χ2n) is 5.24. The summed E-state index contributed by atoms with van der Waals surface area (Å²) in [6, 6.07) is 4.47. The maximum Gasteiger partial charge on any atom is 0.137 e. The zero-order valence-electron chi connectivity index (χ0n) is 10.5. The Labute approximate surface area is 102 Å². The van der Waals surface area contributed by atoms with E-state index in [9.17, 15) is 0 Å². The van der Waals surface area contributed by atoms with Crippen molar-refractivity contribution in [1.29, 1.82) is 0 Å². The Bertz CT molecular complexity index is 521. The first-order valence-corrected chi connectivity index (χ1v) is 6.43. The van der Waals surface area contributed by atoms with E-state index < -0.39 is 0 Å². The van der Waals surface area contributed by atoms with E-state index in [2.05, 4.69) is 53.1 Å². The van der Waals surface area contributed by atoms with Gasteiger partial charge in [-0.2, -0.15) is 0 Å². The molecule has 17 heavy (non-hydrogen) atoms. The maximum atomic E-state index is 4.69. The molecular formula is C14H19N3. The molecule has 2 aromatic heterocycles. The van der Waals surface area contributed by atoms with Crippen LogP contribution in [0.2, 0.25) is 0 Å². The maximum absolute atomic E-state index is 4.69. The van der Waals surface area contributed by atoms with Gasteiger partial charge in [0, 0.05) is 18.9 Å². The highest BCUT2D eigenvalue weighted by atomic mass is 15.0. The minimum Gasteiger partial charge on any atom is -0.316 e. The first kappa shape index (κ1) is 10.8. The molecule has 90 valence electrons. The normalized spacial score (nSPS) is 20.5. The van der Waals surface area contributed by atoms with Crippen molar-refractivity contribution < 1.29 is 0 Å². The predicted molar refractivity (Wildman–Crippen MR) is 69.5 cm³/mol. The molecule has 1 N–H and O–H groups in total. The molecule has 1 unspecified atom stereocenters. The van der Waals surface area contributed by atoms with Crippen LogP contribution in [0.5, 0.6) is 0 Å². The minimum atomic E-state index is 0.492. The topological polar surface area (TPSA) is 29.3 Å². The SMILES string of the molecule is CC(C)c1cn2ccc(C3CCNC3)cc2n1. The van der Waals surface area contributed by atoms with Crippen molar-refractivity contribution >= 4 is 5.65 Å². The van der Waals surface area contributed by atoms with Crippen LogP contribution < -0.4 is 5.32 Å². The average Bonchev–Trinajstić information content (AvgIpc) is 2.97. The van der Waals surface area contributed by atoms with E-state index in [-0.39, 0.29) is 0 Å². The molecule has 0 aromatic carbocycles. The Morgan fingerprint density at radius 3 is 3.06 bits per heavy atom. The number of nitrogens with zero attached hydrogens (tertiary/aromatic N) is 2. The quantitative estimate of drug-likeness (QED) is 0.857. The number of imidazole rings is 1. The van der Waals surface area contributed by atoms with Crippen LogP contribution in [0.1, 0.15) is 43.4 Å². The highest BCUT2D eigenvalue weighted by Crippen LogP contribution is 2.24. The van der Waals surface area contributed by atoms with Gasteiger partial charge in [-0.25, -0.2) is 4.98 Å². The Kier molecular flexibility index (Phi) is 2.63. The van der Waals surface area contributed by atoms with E-state index in [0.717, 1.165) is 18.7 Å². The number of aromatic nitrogens is 2. The van der Waals surface area contributed by atoms with Crippen LogP contribution in [-0.4, -0.2) is 22.5 Å². The van der Waals surface area contributed by atoms with Gasteiger partial charge in [0.05, 0.1) is 5.69 Å². The third-order valence-corrected chi connectivity index (χ3v) is 3.63. The van der Waals surface area contributed by atoms with E-state index >= 15 is 0 Å². The molecule has 3 heterocycles. The molecule has 0 saturated carbocycles. The summed E-state index contributed by atoms with van der Waals surface area (Å²) in [6.07, 6.45) is 5.52. The van der Waals surface area contributed by atoms with Gasteiger partial charge in [-0.15, -0.1) is 0 Å². The van der Waals surface area contributed by atoms with Crippen molar-refractivity contribution in [2.75, 3.05) is 13.1 Å². The van der Waals surface area contributed by atoms with Crippen molar-refractivity contribution in [1.82, 2.24) is 14.7 Å². The van der Waals surface area contributed by atoms with Crippen molar-refractivity contribution in [2.24, 2.45) is 0 Å². The van der Waals surface area contributed by atoms with E-state index in [1.165, 1.54) is 17.7 Å². The van der Waals surface area contributed by atoms with Gasteiger partial charge < -0.3 is 9.72 Å². The third-order valence-electron chi connectivity index (χ3n) is 3.63. The average molecular weight is 229 g/mol. The summed E-state index contributed by atoms with van der Waals surface area (Å²) >= 11 is 0. The van der Waals surface area contributed by atoms with E-state index in [4.69, 9.17) is 0 Å². The molecule has 1 saturated heterocycles. The number of hydrogen-bond donors (Lipinski definition) is 1. The Morgan fingerprint density at radius 1 is 1.47 bits per heavy atom. The van der Waals surface area contributed by atoms with Crippen LogP contribution in [-0.2, 0) is 0 Å². The van der Waals surface area contributed by atoms with E-state index in [0.29, 0.717) is 11.8 Å². The second kappa shape index (κ2) is 4.15. The van der Waals surface area contributed by atoms with Gasteiger partial charge in [0.25, 0.3) is 0 Å². The van der Waals surface area contributed by atoms with Crippen molar-refractivity contribution in [3.63, 3.8) is 0 Å². The van der Waals surface area contributed by atoms with Crippen LogP contribution >= 0.6 is 0 Å². The lowest BCUT2D eigenvalue weighted by molar-refractivity contribution is 0.762. The summed E-state index contributed by atoms with van der Waals surface area (Å²) in [4.78, 5) is 4.69. The zero-order chi connectivity index (χ0) is 11.8. The molecule has 0 aliphatic carbocycles. The van der Waals surface area contributed by atoms with Gasteiger partial charge in [0.1, 0.15) is 5.65 Å². The van der Waals surface area contributed by atoms with E-state index in [1.54, 1.807) is 0 Å². The zero-order valence-corrected chi connectivity index (χ0v) is 10.5. The fraction of sp³-hybridized carbons (Fsp3) is 0.500. The number of pyridine rings is 1. The summed E-state index contributed by atoms with van der Waals surface area (Å²) in [5, 5.41) is 3.42. The van der Waals surface area contributed by atoms with Crippen LogP contribution in [0, 0.1) is 0 Å². The summed E-state index contributed by atoms with van der Waals surface area (Å²) in [5.74, 6) is 1.16. The predicted octanol–water partition coefficient (Wildman–Crippen LogP) is 2.53.